The van der Waals surface area contributed by atoms with Crippen LogP contribution in [0.15, 0.2) is 48.5 Å². The molecular formula is C22H26ClN3O. The monoisotopic (exact) mass is 383 g/mol. The van der Waals surface area contributed by atoms with Crippen LogP contribution in [-0.2, 0) is 0 Å². The van der Waals surface area contributed by atoms with Gasteiger partial charge in [-0.1, -0.05) is 11.6 Å². The number of nitrogens with zero attached hydrogens (tertiary/aromatic N) is 2. The molecule has 2 aromatic carbocycles. The normalized spacial score (nSPS) is 23.0. The summed E-state index contributed by atoms with van der Waals surface area (Å²) in [4.78, 5) is 17.5. The molecule has 2 fully saturated rings. The van der Waals surface area contributed by atoms with Crippen molar-refractivity contribution in [3.8, 4) is 0 Å². The van der Waals surface area contributed by atoms with Gasteiger partial charge < -0.3 is 10.2 Å². The Balaban J connectivity index is 1.36. The van der Waals surface area contributed by atoms with Crippen molar-refractivity contribution in [1.82, 2.24) is 4.90 Å². The largest absolute Gasteiger partial charge is 0.370 e. The summed E-state index contributed by atoms with van der Waals surface area (Å²) in [5.74, 6) is -0.122. The summed E-state index contributed by atoms with van der Waals surface area (Å²) in [6.45, 7) is 5.80. The molecule has 5 heteroatoms. The maximum Gasteiger partial charge on any atom is 0.255 e. The molecule has 2 saturated heterocycles. The van der Waals surface area contributed by atoms with E-state index in [0.29, 0.717) is 16.6 Å². The third kappa shape index (κ3) is 4.12. The van der Waals surface area contributed by atoms with Crippen molar-refractivity contribution < 1.29 is 4.79 Å². The second-order valence-corrected chi connectivity index (χ2v) is 8.06. The number of hydrogen-bond donors (Lipinski definition) is 1. The summed E-state index contributed by atoms with van der Waals surface area (Å²) in [5.41, 5.74) is 2.64. The van der Waals surface area contributed by atoms with Crippen LogP contribution in [0.25, 0.3) is 0 Å². The van der Waals surface area contributed by atoms with Crippen LogP contribution in [-0.4, -0.2) is 42.5 Å². The summed E-state index contributed by atoms with van der Waals surface area (Å²) in [6, 6.07) is 16.5. The van der Waals surface area contributed by atoms with Gasteiger partial charge in [-0.25, -0.2) is 0 Å². The van der Waals surface area contributed by atoms with Crippen molar-refractivity contribution in [2.75, 3.05) is 29.9 Å². The number of halogens is 1. The number of benzene rings is 2. The third-order valence-corrected chi connectivity index (χ3v) is 6.09. The number of anilines is 2. The van der Waals surface area contributed by atoms with E-state index < -0.39 is 0 Å². The van der Waals surface area contributed by atoms with Gasteiger partial charge in [-0.2, -0.15) is 0 Å². The fraction of sp³-hybridized carbons (Fsp3) is 0.409. The zero-order valence-electron chi connectivity index (χ0n) is 15.7. The Morgan fingerprint density at radius 3 is 2.44 bits per heavy atom. The van der Waals surface area contributed by atoms with E-state index >= 15 is 0 Å². The van der Waals surface area contributed by atoms with E-state index in [9.17, 15) is 4.79 Å². The molecule has 2 aliphatic heterocycles. The van der Waals surface area contributed by atoms with Gasteiger partial charge in [0.05, 0.1) is 0 Å². The van der Waals surface area contributed by atoms with E-state index in [1.807, 2.05) is 12.1 Å². The molecule has 0 saturated carbocycles. The Bertz CT molecular complexity index is 790. The number of likely N-dealkylation sites (tertiary alicyclic amines) is 1. The van der Waals surface area contributed by atoms with E-state index in [1.54, 1.807) is 24.3 Å². The average molecular weight is 384 g/mol. The molecule has 2 aliphatic rings. The Kier molecular flexibility index (Phi) is 5.37. The second-order valence-electron chi connectivity index (χ2n) is 7.63. The highest BCUT2D eigenvalue weighted by atomic mass is 35.5. The highest BCUT2D eigenvalue weighted by molar-refractivity contribution is 6.30. The molecule has 2 aromatic rings. The number of hydrogen-bond acceptors (Lipinski definition) is 3. The summed E-state index contributed by atoms with van der Waals surface area (Å²) >= 11 is 5.88. The second kappa shape index (κ2) is 7.91. The highest BCUT2D eigenvalue weighted by Gasteiger charge is 2.32. The van der Waals surface area contributed by atoms with Gasteiger partial charge in [-0.15, -0.1) is 0 Å². The first kappa shape index (κ1) is 18.3. The van der Waals surface area contributed by atoms with Crippen LogP contribution in [0.4, 0.5) is 11.4 Å². The predicted molar refractivity (Wildman–Crippen MR) is 112 cm³/mol. The molecule has 0 aromatic heterocycles. The first-order chi connectivity index (χ1) is 13.1. The Labute approximate surface area is 166 Å². The van der Waals surface area contributed by atoms with E-state index in [0.717, 1.165) is 24.8 Å². The molecule has 1 N–H and O–H groups in total. The first-order valence-corrected chi connectivity index (χ1v) is 10.2. The van der Waals surface area contributed by atoms with Gasteiger partial charge in [0.25, 0.3) is 5.91 Å². The molecule has 4 rings (SSSR count). The molecule has 0 spiro atoms. The van der Waals surface area contributed by atoms with E-state index in [4.69, 9.17) is 11.6 Å². The van der Waals surface area contributed by atoms with Crippen molar-refractivity contribution in [2.45, 2.75) is 38.3 Å². The van der Waals surface area contributed by atoms with Crippen molar-refractivity contribution in [2.24, 2.45) is 0 Å². The summed E-state index contributed by atoms with van der Waals surface area (Å²) in [7, 11) is 0. The fourth-order valence-corrected chi connectivity index (χ4v) is 4.43. The molecule has 1 amide bonds. The van der Waals surface area contributed by atoms with Crippen molar-refractivity contribution in [1.29, 1.82) is 0 Å². The van der Waals surface area contributed by atoms with Crippen molar-refractivity contribution in [3.05, 3.63) is 59.1 Å². The molecule has 4 nitrogen and oxygen atoms in total. The number of carbonyl (C=O) groups excluding carboxylic acids is 1. The zero-order chi connectivity index (χ0) is 18.8. The molecule has 0 bridgehead atoms. The minimum atomic E-state index is -0.122. The standard InChI is InChI=1S/C22H26ClN3O/c1-16-3-2-13-26(16)21-12-14-25(15-21)20-10-8-19(9-11-20)24-22(27)17-4-6-18(23)7-5-17/h4-11,16,21H,2-3,12-15H2,1H3,(H,24,27). The number of nitrogens with one attached hydrogen (secondary N) is 1. The Hall–Kier alpha value is -2.04. The number of rotatable bonds is 4. The van der Waals surface area contributed by atoms with Crippen LogP contribution >= 0.6 is 11.6 Å². The zero-order valence-corrected chi connectivity index (χ0v) is 16.5. The molecular weight excluding hydrogens is 358 g/mol. The van der Waals surface area contributed by atoms with E-state index in [1.165, 1.54) is 31.5 Å². The highest BCUT2D eigenvalue weighted by Crippen LogP contribution is 2.28. The predicted octanol–water partition coefficient (Wildman–Crippen LogP) is 4.66. The molecule has 0 radical (unpaired) electrons. The van der Waals surface area contributed by atoms with Gasteiger partial charge in [0.2, 0.25) is 0 Å². The third-order valence-electron chi connectivity index (χ3n) is 5.83. The average Bonchev–Trinajstić information content (AvgIpc) is 3.31. The summed E-state index contributed by atoms with van der Waals surface area (Å²) in [5, 5.41) is 3.57. The summed E-state index contributed by atoms with van der Waals surface area (Å²) < 4.78 is 0. The van der Waals surface area contributed by atoms with Crippen LogP contribution in [0.1, 0.15) is 36.5 Å². The van der Waals surface area contributed by atoms with Gasteiger partial charge in [0, 0.05) is 47.1 Å². The van der Waals surface area contributed by atoms with Gasteiger partial charge >= 0.3 is 0 Å². The molecule has 142 valence electrons. The van der Waals surface area contributed by atoms with Gasteiger partial charge in [-0.05, 0) is 81.3 Å². The topological polar surface area (TPSA) is 35.6 Å². The minimum Gasteiger partial charge on any atom is -0.370 e. The summed E-state index contributed by atoms with van der Waals surface area (Å²) in [6.07, 6.45) is 3.90. The number of carbonyl (C=O) groups is 1. The van der Waals surface area contributed by atoms with Crippen LogP contribution < -0.4 is 10.2 Å². The van der Waals surface area contributed by atoms with Crippen LogP contribution in [0.3, 0.4) is 0 Å². The Morgan fingerprint density at radius 1 is 1.04 bits per heavy atom. The lowest BCUT2D eigenvalue weighted by Gasteiger charge is -2.28. The Morgan fingerprint density at radius 2 is 1.78 bits per heavy atom. The molecule has 2 heterocycles. The van der Waals surface area contributed by atoms with Crippen LogP contribution in [0, 0.1) is 0 Å². The number of amides is 1. The van der Waals surface area contributed by atoms with E-state index in [2.05, 4.69) is 34.2 Å². The molecule has 27 heavy (non-hydrogen) atoms. The minimum absolute atomic E-state index is 0.122. The van der Waals surface area contributed by atoms with Crippen molar-refractivity contribution in [3.63, 3.8) is 0 Å². The van der Waals surface area contributed by atoms with Crippen LogP contribution in [0.5, 0.6) is 0 Å². The molecule has 0 aliphatic carbocycles. The molecule has 2 unspecified atom stereocenters. The smallest absolute Gasteiger partial charge is 0.255 e. The lowest BCUT2D eigenvalue weighted by atomic mass is 10.2. The fourth-order valence-electron chi connectivity index (χ4n) is 4.31. The molecule has 2 atom stereocenters. The van der Waals surface area contributed by atoms with Crippen molar-refractivity contribution >= 4 is 28.9 Å². The lowest BCUT2D eigenvalue weighted by Crippen LogP contribution is -2.39. The SMILES string of the molecule is CC1CCCN1C1CCN(c2ccc(NC(=O)c3ccc(Cl)cc3)cc2)C1. The van der Waals surface area contributed by atoms with Crippen LogP contribution in [0.2, 0.25) is 5.02 Å². The van der Waals surface area contributed by atoms with E-state index in [-0.39, 0.29) is 5.91 Å². The van der Waals surface area contributed by atoms with Gasteiger partial charge in [0.15, 0.2) is 0 Å². The lowest BCUT2D eigenvalue weighted by molar-refractivity contribution is 0.102. The maximum absolute atomic E-state index is 12.3. The van der Waals surface area contributed by atoms with Gasteiger partial charge in [-0.3, -0.25) is 9.69 Å². The van der Waals surface area contributed by atoms with Gasteiger partial charge in [0.1, 0.15) is 0 Å². The maximum atomic E-state index is 12.3. The quantitative estimate of drug-likeness (QED) is 0.834. The first-order valence-electron chi connectivity index (χ1n) is 9.78.